The van der Waals surface area contributed by atoms with E-state index in [1.165, 1.54) is 11.4 Å². The first-order valence-electron chi connectivity index (χ1n) is 10.1. The molecule has 1 aliphatic heterocycles. The molecule has 1 atom stereocenters. The van der Waals surface area contributed by atoms with Crippen molar-refractivity contribution in [1.29, 1.82) is 0 Å². The first-order valence-corrected chi connectivity index (χ1v) is 11.5. The number of benzene rings is 1. The summed E-state index contributed by atoms with van der Waals surface area (Å²) in [4.78, 5) is 13.5. The zero-order chi connectivity index (χ0) is 22.0. The Labute approximate surface area is 182 Å². The summed E-state index contributed by atoms with van der Waals surface area (Å²) in [5.41, 5.74) is 2.34. The van der Waals surface area contributed by atoms with Crippen molar-refractivity contribution in [2.45, 2.75) is 37.6 Å². The van der Waals surface area contributed by atoms with Crippen LogP contribution in [0.5, 0.6) is 5.75 Å². The lowest BCUT2D eigenvalue weighted by Gasteiger charge is -2.25. The molecule has 8 nitrogen and oxygen atoms in total. The minimum atomic E-state index is -3.77. The van der Waals surface area contributed by atoms with Crippen LogP contribution in [0.1, 0.15) is 35.8 Å². The van der Waals surface area contributed by atoms with Crippen molar-refractivity contribution in [3.8, 4) is 5.75 Å². The fourth-order valence-electron chi connectivity index (χ4n) is 3.78. The predicted molar refractivity (Wildman–Crippen MR) is 118 cm³/mol. The molecule has 4 rings (SSSR count). The molecule has 0 saturated carbocycles. The van der Waals surface area contributed by atoms with E-state index < -0.39 is 16.1 Å². The minimum Gasteiger partial charge on any atom is -0.495 e. The molecule has 2 aromatic heterocycles. The molecule has 162 valence electrons. The number of ether oxygens (including phenoxy) is 1. The van der Waals surface area contributed by atoms with Gasteiger partial charge in [-0.05, 0) is 56.5 Å². The van der Waals surface area contributed by atoms with Gasteiger partial charge in [-0.1, -0.05) is 12.1 Å². The summed E-state index contributed by atoms with van der Waals surface area (Å²) in [6.07, 6.45) is 4.65. The van der Waals surface area contributed by atoms with E-state index in [9.17, 15) is 8.42 Å². The summed E-state index contributed by atoms with van der Waals surface area (Å²) in [7, 11) is -2.29. The van der Waals surface area contributed by atoms with Gasteiger partial charge in [0.25, 0.3) is 0 Å². The molecule has 1 saturated heterocycles. The Morgan fingerprint density at radius 3 is 2.71 bits per heavy atom. The number of nitrogens with one attached hydrogen (secondary N) is 1. The van der Waals surface area contributed by atoms with Gasteiger partial charge in [0.05, 0.1) is 31.2 Å². The van der Waals surface area contributed by atoms with Gasteiger partial charge in [-0.25, -0.2) is 18.4 Å². The van der Waals surface area contributed by atoms with Crippen molar-refractivity contribution < 1.29 is 13.2 Å². The zero-order valence-corrected chi connectivity index (χ0v) is 18.6. The molecule has 1 aliphatic rings. The predicted octanol–water partition coefficient (Wildman–Crippen LogP) is 3.77. The molecular weight excluding hydrogens is 414 g/mol. The number of sulfonamides is 1. The second-order valence-electron chi connectivity index (χ2n) is 7.55. The molecule has 1 N–H and O–H groups in total. The largest absolute Gasteiger partial charge is 0.495 e. The quantitative estimate of drug-likeness (QED) is 0.624. The number of hydrogen-bond donors (Lipinski definition) is 1. The molecule has 3 aromatic rings. The van der Waals surface area contributed by atoms with Gasteiger partial charge in [0, 0.05) is 12.2 Å². The van der Waals surface area contributed by atoms with Gasteiger partial charge < -0.3 is 10.1 Å². The Bertz CT molecular complexity index is 1200. The summed E-state index contributed by atoms with van der Waals surface area (Å²) < 4.78 is 33.9. The molecule has 0 radical (unpaired) electrons. The summed E-state index contributed by atoms with van der Waals surface area (Å²) in [6, 6.07) is 10.4. The third-order valence-electron chi connectivity index (χ3n) is 5.25. The van der Waals surface area contributed by atoms with Gasteiger partial charge in [0.15, 0.2) is 0 Å². The summed E-state index contributed by atoms with van der Waals surface area (Å²) >= 11 is 0. The molecule has 0 amide bonds. The van der Waals surface area contributed by atoms with Crippen LogP contribution < -0.4 is 10.1 Å². The molecule has 3 heterocycles. The van der Waals surface area contributed by atoms with Crippen LogP contribution in [0.2, 0.25) is 0 Å². The second kappa shape index (κ2) is 8.60. The van der Waals surface area contributed by atoms with Crippen molar-refractivity contribution >= 4 is 21.7 Å². The molecule has 0 spiro atoms. The Kier molecular flexibility index (Phi) is 5.88. The van der Waals surface area contributed by atoms with Gasteiger partial charge >= 0.3 is 0 Å². The normalized spacial score (nSPS) is 16.9. The lowest BCUT2D eigenvalue weighted by Crippen LogP contribution is -2.31. The number of hydrogen-bond acceptors (Lipinski definition) is 7. The van der Waals surface area contributed by atoms with E-state index in [0.29, 0.717) is 36.0 Å². The highest BCUT2D eigenvalue weighted by atomic mass is 32.2. The smallest absolute Gasteiger partial charge is 0.247 e. The molecule has 0 bridgehead atoms. The van der Waals surface area contributed by atoms with Crippen LogP contribution in [0, 0.1) is 13.8 Å². The van der Waals surface area contributed by atoms with E-state index in [0.717, 1.165) is 17.7 Å². The van der Waals surface area contributed by atoms with Gasteiger partial charge in [0.1, 0.15) is 22.3 Å². The molecule has 1 aromatic carbocycles. The van der Waals surface area contributed by atoms with Crippen LogP contribution in [0.15, 0.2) is 53.7 Å². The number of aromatic nitrogens is 3. The van der Waals surface area contributed by atoms with Crippen LogP contribution in [0.25, 0.3) is 0 Å². The third-order valence-corrected chi connectivity index (χ3v) is 7.18. The lowest BCUT2D eigenvalue weighted by molar-refractivity contribution is 0.377. The van der Waals surface area contributed by atoms with E-state index in [4.69, 9.17) is 4.74 Å². The van der Waals surface area contributed by atoms with Crippen molar-refractivity contribution in [3.05, 3.63) is 65.7 Å². The Balaban J connectivity index is 1.65. The van der Waals surface area contributed by atoms with E-state index >= 15 is 0 Å². The van der Waals surface area contributed by atoms with Crippen LogP contribution in [0.3, 0.4) is 0 Å². The van der Waals surface area contributed by atoms with Crippen LogP contribution >= 0.6 is 0 Å². The summed E-state index contributed by atoms with van der Waals surface area (Å²) in [5, 5.41) is 3.15. The molecule has 31 heavy (non-hydrogen) atoms. The highest BCUT2D eigenvalue weighted by Gasteiger charge is 2.38. The van der Waals surface area contributed by atoms with Gasteiger partial charge in [0.2, 0.25) is 10.0 Å². The van der Waals surface area contributed by atoms with E-state index in [-0.39, 0.29) is 4.90 Å². The highest BCUT2D eigenvalue weighted by Crippen LogP contribution is 2.38. The van der Waals surface area contributed by atoms with Crippen LogP contribution in [0.4, 0.5) is 11.6 Å². The Morgan fingerprint density at radius 1 is 1.10 bits per heavy atom. The number of anilines is 2. The van der Waals surface area contributed by atoms with Crippen molar-refractivity contribution in [2.75, 3.05) is 19.0 Å². The third kappa shape index (κ3) is 4.38. The maximum atomic E-state index is 13.5. The first-order chi connectivity index (χ1) is 14.9. The standard InChI is InChI=1S/C22H25N5O3S/c1-15-9-10-19(30-3)20(12-15)31(28,29)27-11-5-7-18(27)17-13-23-14-22(25-17)26-21-8-4-6-16(2)24-21/h4,6,8-10,12-14,18H,5,7,11H2,1-3H3,(H,24,25,26). The van der Waals surface area contributed by atoms with Gasteiger partial charge in [-0.15, -0.1) is 0 Å². The molecule has 9 heteroatoms. The van der Waals surface area contributed by atoms with E-state index in [2.05, 4.69) is 20.3 Å². The van der Waals surface area contributed by atoms with Crippen molar-refractivity contribution in [3.63, 3.8) is 0 Å². The second-order valence-corrected chi connectivity index (χ2v) is 9.41. The lowest BCUT2D eigenvalue weighted by atomic mass is 10.2. The van der Waals surface area contributed by atoms with Crippen LogP contribution in [-0.2, 0) is 10.0 Å². The molecule has 0 aliphatic carbocycles. The number of nitrogens with zero attached hydrogens (tertiary/aromatic N) is 4. The van der Waals surface area contributed by atoms with Crippen molar-refractivity contribution in [1.82, 2.24) is 19.3 Å². The Hall–Kier alpha value is -3.04. The maximum Gasteiger partial charge on any atom is 0.247 e. The Morgan fingerprint density at radius 2 is 1.94 bits per heavy atom. The summed E-state index contributed by atoms with van der Waals surface area (Å²) in [6.45, 7) is 4.19. The maximum absolute atomic E-state index is 13.5. The molecular formula is C22H25N5O3S. The van der Waals surface area contributed by atoms with Crippen molar-refractivity contribution in [2.24, 2.45) is 0 Å². The fraction of sp³-hybridized carbons (Fsp3) is 0.318. The fourth-order valence-corrected chi connectivity index (χ4v) is 5.69. The highest BCUT2D eigenvalue weighted by molar-refractivity contribution is 7.89. The topological polar surface area (TPSA) is 97.3 Å². The van der Waals surface area contributed by atoms with Gasteiger partial charge in [-0.3, -0.25) is 4.98 Å². The minimum absolute atomic E-state index is 0.174. The number of aryl methyl sites for hydroxylation is 2. The average Bonchev–Trinajstić information content (AvgIpc) is 3.25. The number of pyridine rings is 1. The first kappa shape index (κ1) is 21.2. The van der Waals surface area contributed by atoms with Gasteiger partial charge in [-0.2, -0.15) is 4.31 Å². The number of rotatable bonds is 6. The van der Waals surface area contributed by atoms with E-state index in [1.54, 1.807) is 24.5 Å². The number of methoxy groups -OCH3 is 1. The van der Waals surface area contributed by atoms with E-state index in [1.807, 2.05) is 38.1 Å². The monoisotopic (exact) mass is 439 g/mol. The SMILES string of the molecule is COc1ccc(C)cc1S(=O)(=O)N1CCCC1c1cncc(Nc2cccc(C)n2)n1. The van der Waals surface area contributed by atoms with Crippen LogP contribution in [-0.4, -0.2) is 41.3 Å². The molecule has 1 unspecified atom stereocenters. The average molecular weight is 440 g/mol. The zero-order valence-electron chi connectivity index (χ0n) is 17.7. The summed E-state index contributed by atoms with van der Waals surface area (Å²) in [5.74, 6) is 1.52. The molecule has 1 fully saturated rings.